The van der Waals surface area contributed by atoms with Crippen LogP contribution in [0.4, 0.5) is 4.79 Å². The van der Waals surface area contributed by atoms with E-state index in [0.29, 0.717) is 11.5 Å². The lowest BCUT2D eigenvalue weighted by Crippen LogP contribution is -2.20. The van der Waals surface area contributed by atoms with Crippen molar-refractivity contribution < 1.29 is 24.1 Å². The first kappa shape index (κ1) is 14.1. The van der Waals surface area contributed by atoms with Crippen molar-refractivity contribution in [3.8, 4) is 11.5 Å². The fourth-order valence-corrected chi connectivity index (χ4v) is 1.58. The number of methoxy groups -OCH3 is 2. The monoisotopic (exact) mass is 255 g/mol. The fourth-order valence-electron chi connectivity index (χ4n) is 1.58. The van der Waals surface area contributed by atoms with Crippen LogP contribution in [0.2, 0.25) is 0 Å². The van der Waals surface area contributed by atoms with Gasteiger partial charge in [0.25, 0.3) is 0 Å². The Morgan fingerprint density at radius 3 is 2.61 bits per heavy atom. The third-order valence-electron chi connectivity index (χ3n) is 2.53. The molecule has 0 aliphatic rings. The molecule has 1 atom stereocenters. The van der Waals surface area contributed by atoms with Gasteiger partial charge in [0.2, 0.25) is 0 Å². The summed E-state index contributed by atoms with van der Waals surface area (Å²) in [5, 5.41) is 9.32. The average Bonchev–Trinajstić information content (AvgIpc) is 2.39. The lowest BCUT2D eigenvalue weighted by atomic mass is 9.99. The van der Waals surface area contributed by atoms with Crippen molar-refractivity contribution >= 4 is 6.09 Å². The van der Waals surface area contributed by atoms with E-state index in [1.165, 1.54) is 7.11 Å². The molecule has 0 fully saturated rings. The first-order valence-electron chi connectivity index (χ1n) is 5.37. The van der Waals surface area contributed by atoms with Gasteiger partial charge < -0.3 is 25.1 Å². The van der Waals surface area contributed by atoms with Crippen LogP contribution in [0.5, 0.6) is 11.5 Å². The quantitative estimate of drug-likeness (QED) is 0.787. The predicted molar refractivity (Wildman–Crippen MR) is 64.9 cm³/mol. The zero-order chi connectivity index (χ0) is 13.5. The molecule has 0 aliphatic heterocycles. The van der Waals surface area contributed by atoms with Crippen LogP contribution < -0.4 is 15.2 Å². The molecular formula is C12H17NO5. The number of hydrogen-bond donors (Lipinski definition) is 2. The molecule has 0 saturated carbocycles. The van der Waals surface area contributed by atoms with Gasteiger partial charge in [0, 0.05) is 17.5 Å². The minimum absolute atomic E-state index is 0.00543. The summed E-state index contributed by atoms with van der Waals surface area (Å²) in [4.78, 5) is 10.6. The number of aliphatic hydroxyl groups is 1. The summed E-state index contributed by atoms with van der Waals surface area (Å²) in [6, 6.07) is 5.19. The Bertz CT molecular complexity index is 407. The molecule has 1 rings (SSSR count). The molecule has 0 radical (unpaired) electrons. The Morgan fingerprint density at radius 2 is 2.11 bits per heavy atom. The van der Waals surface area contributed by atoms with E-state index in [1.54, 1.807) is 25.3 Å². The van der Waals surface area contributed by atoms with Gasteiger partial charge in [-0.3, -0.25) is 0 Å². The molecule has 18 heavy (non-hydrogen) atoms. The van der Waals surface area contributed by atoms with Gasteiger partial charge in [-0.1, -0.05) is 6.07 Å². The van der Waals surface area contributed by atoms with E-state index in [9.17, 15) is 9.90 Å². The number of primary amides is 1. The summed E-state index contributed by atoms with van der Waals surface area (Å²) in [6.07, 6.45) is -0.874. The Labute approximate surface area is 105 Å². The highest BCUT2D eigenvalue weighted by molar-refractivity contribution is 5.64. The van der Waals surface area contributed by atoms with Gasteiger partial charge in [-0.15, -0.1) is 0 Å². The maximum Gasteiger partial charge on any atom is 0.404 e. The minimum atomic E-state index is -0.874. The van der Waals surface area contributed by atoms with Gasteiger partial charge in [-0.2, -0.15) is 0 Å². The van der Waals surface area contributed by atoms with E-state index < -0.39 is 12.0 Å². The maximum atomic E-state index is 10.6. The summed E-state index contributed by atoms with van der Waals surface area (Å²) in [5.74, 6) is 0.808. The maximum absolute atomic E-state index is 10.6. The minimum Gasteiger partial charge on any atom is -0.497 e. The third-order valence-corrected chi connectivity index (χ3v) is 2.53. The molecule has 0 saturated heterocycles. The van der Waals surface area contributed by atoms with Crippen LogP contribution in [0.15, 0.2) is 18.2 Å². The molecule has 1 aromatic carbocycles. The summed E-state index contributed by atoms with van der Waals surface area (Å²) < 4.78 is 15.0. The van der Waals surface area contributed by atoms with Crippen molar-refractivity contribution in [2.24, 2.45) is 5.73 Å². The highest BCUT2D eigenvalue weighted by atomic mass is 16.5. The molecule has 0 unspecified atom stereocenters. The number of carbonyl (C=O) groups is 1. The normalized spacial score (nSPS) is 11.7. The number of benzene rings is 1. The second-order valence-corrected chi connectivity index (χ2v) is 3.62. The van der Waals surface area contributed by atoms with E-state index in [2.05, 4.69) is 0 Å². The molecule has 1 aromatic rings. The van der Waals surface area contributed by atoms with Gasteiger partial charge in [0.15, 0.2) is 0 Å². The molecule has 0 aromatic heterocycles. The van der Waals surface area contributed by atoms with Gasteiger partial charge in [-0.25, -0.2) is 4.79 Å². The Kier molecular flexibility index (Phi) is 5.26. The molecule has 0 spiro atoms. The van der Waals surface area contributed by atoms with Crippen molar-refractivity contribution in [1.29, 1.82) is 0 Å². The zero-order valence-corrected chi connectivity index (χ0v) is 10.4. The summed E-state index contributed by atoms with van der Waals surface area (Å²) in [5.41, 5.74) is 5.62. The van der Waals surface area contributed by atoms with E-state index in [-0.39, 0.29) is 13.2 Å². The Balaban J connectivity index is 2.93. The molecular weight excluding hydrogens is 238 g/mol. The molecule has 6 nitrogen and oxygen atoms in total. The molecule has 100 valence electrons. The van der Waals surface area contributed by atoms with Crippen LogP contribution in [-0.2, 0) is 4.74 Å². The van der Waals surface area contributed by atoms with Crippen LogP contribution >= 0.6 is 0 Å². The van der Waals surface area contributed by atoms with Crippen LogP contribution in [0.3, 0.4) is 0 Å². The number of hydrogen-bond acceptors (Lipinski definition) is 5. The van der Waals surface area contributed by atoms with Crippen molar-refractivity contribution in [3.05, 3.63) is 23.8 Å². The van der Waals surface area contributed by atoms with E-state index >= 15 is 0 Å². The molecule has 3 N–H and O–H groups in total. The number of nitrogens with two attached hydrogens (primary N) is 1. The zero-order valence-electron chi connectivity index (χ0n) is 10.4. The topological polar surface area (TPSA) is 91.0 Å². The van der Waals surface area contributed by atoms with Gasteiger partial charge in [-0.05, 0) is 6.07 Å². The number of ether oxygens (including phenoxy) is 3. The smallest absolute Gasteiger partial charge is 0.404 e. The van der Waals surface area contributed by atoms with Crippen molar-refractivity contribution in [1.82, 2.24) is 0 Å². The Hall–Kier alpha value is -1.95. The highest BCUT2D eigenvalue weighted by Gasteiger charge is 2.17. The lowest BCUT2D eigenvalue weighted by Gasteiger charge is -2.17. The summed E-state index contributed by atoms with van der Waals surface area (Å²) in [7, 11) is 3.07. The van der Waals surface area contributed by atoms with Crippen molar-refractivity contribution in [2.45, 2.75) is 5.92 Å². The molecule has 0 heterocycles. The van der Waals surface area contributed by atoms with Crippen LogP contribution in [0, 0.1) is 0 Å². The van der Waals surface area contributed by atoms with Gasteiger partial charge >= 0.3 is 6.09 Å². The van der Waals surface area contributed by atoms with Crippen LogP contribution in [-0.4, -0.2) is 38.6 Å². The number of carbonyl (C=O) groups excluding carboxylic acids is 1. The standard InChI is InChI=1S/C12H17NO5/c1-16-9-3-4-10(11(5-9)17-2)8(6-14)7-18-12(13)15/h3-5,8,14H,6-7H2,1-2H3,(H2,13,15)/t8-/m1/s1. The second kappa shape index (κ2) is 6.70. The fraction of sp³-hybridized carbons (Fsp3) is 0.417. The average molecular weight is 255 g/mol. The number of aliphatic hydroxyl groups excluding tert-OH is 1. The van der Waals surface area contributed by atoms with Gasteiger partial charge in [0.1, 0.15) is 18.1 Å². The predicted octanol–water partition coefficient (Wildman–Crippen LogP) is 0.875. The van der Waals surface area contributed by atoms with E-state index in [1.807, 2.05) is 0 Å². The van der Waals surface area contributed by atoms with Crippen LogP contribution in [0.25, 0.3) is 0 Å². The second-order valence-electron chi connectivity index (χ2n) is 3.62. The molecule has 0 aliphatic carbocycles. The van der Waals surface area contributed by atoms with Gasteiger partial charge in [0.05, 0.1) is 20.8 Å². The molecule has 1 amide bonds. The SMILES string of the molecule is COc1ccc([C@H](CO)COC(N)=O)c(OC)c1. The number of amides is 1. The third kappa shape index (κ3) is 3.53. The summed E-state index contributed by atoms with van der Waals surface area (Å²) >= 11 is 0. The first-order valence-corrected chi connectivity index (χ1v) is 5.37. The van der Waals surface area contributed by atoms with Crippen molar-refractivity contribution in [3.63, 3.8) is 0 Å². The summed E-state index contributed by atoms with van der Waals surface area (Å²) in [6.45, 7) is -0.190. The Morgan fingerprint density at radius 1 is 1.39 bits per heavy atom. The molecule has 0 bridgehead atoms. The highest BCUT2D eigenvalue weighted by Crippen LogP contribution is 2.30. The van der Waals surface area contributed by atoms with E-state index in [4.69, 9.17) is 19.9 Å². The van der Waals surface area contributed by atoms with E-state index in [0.717, 1.165) is 5.56 Å². The number of rotatable bonds is 6. The van der Waals surface area contributed by atoms with Crippen LogP contribution in [0.1, 0.15) is 11.5 Å². The lowest BCUT2D eigenvalue weighted by molar-refractivity contribution is 0.132. The van der Waals surface area contributed by atoms with Crippen molar-refractivity contribution in [2.75, 3.05) is 27.4 Å². The first-order chi connectivity index (χ1) is 8.62. The largest absolute Gasteiger partial charge is 0.497 e. The molecule has 6 heteroatoms.